The lowest BCUT2D eigenvalue weighted by atomic mass is 10.2. The van der Waals surface area contributed by atoms with Crippen molar-refractivity contribution in [1.29, 1.82) is 0 Å². The van der Waals surface area contributed by atoms with Gasteiger partial charge in [0.25, 0.3) is 0 Å². The summed E-state index contributed by atoms with van der Waals surface area (Å²) in [5.74, 6) is 5.63. The van der Waals surface area contributed by atoms with Crippen LogP contribution in [0.1, 0.15) is 12.1 Å². The summed E-state index contributed by atoms with van der Waals surface area (Å²) in [6.45, 7) is 4.54. The van der Waals surface area contributed by atoms with E-state index in [2.05, 4.69) is 43.4 Å². The molecule has 0 bridgehead atoms. The van der Waals surface area contributed by atoms with Crippen molar-refractivity contribution in [2.75, 3.05) is 25.0 Å². The van der Waals surface area contributed by atoms with Gasteiger partial charge in [-0.25, -0.2) is 9.97 Å². The van der Waals surface area contributed by atoms with E-state index < -0.39 is 12.1 Å². The lowest BCUT2D eigenvalue weighted by Crippen LogP contribution is -2.30. The summed E-state index contributed by atoms with van der Waals surface area (Å²) >= 11 is 0. The number of ether oxygens (including phenoxy) is 2. The van der Waals surface area contributed by atoms with E-state index in [1.54, 1.807) is 11.0 Å². The quantitative estimate of drug-likeness (QED) is 0.423. The molecule has 0 aliphatic carbocycles. The van der Waals surface area contributed by atoms with Gasteiger partial charge in [-0.05, 0) is 36.6 Å². The molecule has 2 N–H and O–H groups in total. The standard InChI is InChI=1S/C23H20F3N5O3/c1-2-20(32)31-10-9-16(13-31)30-22-17-12-15(29-21(17)27-14-28-22)6-5-11-33-18-7-3-4-8-19(18)34-23(24,25)26/h2-4,7-8,12,14,16H,1,9-11,13H2,(H2,27,28,29,30)/t16-/m1/s1. The van der Waals surface area contributed by atoms with Gasteiger partial charge in [-0.1, -0.05) is 24.6 Å². The lowest BCUT2D eigenvalue weighted by Gasteiger charge is -2.15. The number of para-hydroxylation sites is 2. The van der Waals surface area contributed by atoms with Gasteiger partial charge < -0.3 is 24.7 Å². The molecular weight excluding hydrogens is 451 g/mol. The second-order valence-electron chi connectivity index (χ2n) is 7.37. The summed E-state index contributed by atoms with van der Waals surface area (Å²) in [5, 5.41) is 4.07. The Bertz CT molecular complexity index is 1260. The SMILES string of the molecule is C=CC(=O)N1CC[C@@H](Nc2ncnc3[nH]c(C#CCOc4ccccc4OC(F)(F)F)cc23)C1. The number of carbonyl (C=O) groups excluding carboxylic acids is 1. The van der Waals surface area contributed by atoms with Crippen molar-refractivity contribution in [2.24, 2.45) is 0 Å². The molecule has 0 radical (unpaired) electrons. The van der Waals surface area contributed by atoms with Crippen LogP contribution in [-0.4, -0.2) is 57.9 Å². The summed E-state index contributed by atoms with van der Waals surface area (Å²) in [6.07, 6.45) is -1.33. The molecule has 3 heterocycles. The minimum atomic E-state index is -4.82. The molecule has 3 aromatic rings. The molecule has 1 atom stereocenters. The molecule has 8 nitrogen and oxygen atoms in total. The third-order valence-electron chi connectivity index (χ3n) is 5.04. The van der Waals surface area contributed by atoms with Crippen LogP contribution in [0.2, 0.25) is 0 Å². The number of nitrogens with one attached hydrogen (secondary N) is 2. The Hall–Kier alpha value is -4.20. The minimum absolute atomic E-state index is 0.0406. The fourth-order valence-corrected chi connectivity index (χ4v) is 3.55. The second kappa shape index (κ2) is 9.74. The maximum atomic E-state index is 12.5. The molecule has 1 aliphatic rings. The van der Waals surface area contributed by atoms with E-state index in [9.17, 15) is 18.0 Å². The maximum absolute atomic E-state index is 12.5. The molecule has 0 saturated carbocycles. The Balaban J connectivity index is 1.42. The van der Waals surface area contributed by atoms with Gasteiger partial charge in [0.05, 0.1) is 11.1 Å². The number of anilines is 1. The van der Waals surface area contributed by atoms with Crippen molar-refractivity contribution in [1.82, 2.24) is 19.9 Å². The van der Waals surface area contributed by atoms with Crippen molar-refractivity contribution in [3.05, 3.63) is 55.0 Å². The Morgan fingerprint density at radius 3 is 2.88 bits per heavy atom. The number of likely N-dealkylation sites (tertiary alicyclic amines) is 1. The van der Waals surface area contributed by atoms with Crippen LogP contribution in [0.5, 0.6) is 11.5 Å². The smallest absolute Gasteiger partial charge is 0.477 e. The Morgan fingerprint density at radius 1 is 1.32 bits per heavy atom. The van der Waals surface area contributed by atoms with Gasteiger partial charge in [0, 0.05) is 19.1 Å². The molecule has 1 fully saturated rings. The zero-order chi connectivity index (χ0) is 24.1. The molecule has 1 aliphatic heterocycles. The van der Waals surface area contributed by atoms with Crippen LogP contribution in [-0.2, 0) is 4.79 Å². The summed E-state index contributed by atoms with van der Waals surface area (Å²) in [5.41, 5.74) is 1.11. The number of aromatic nitrogens is 3. The highest BCUT2D eigenvalue weighted by Gasteiger charge is 2.32. The Morgan fingerprint density at radius 2 is 2.12 bits per heavy atom. The van der Waals surface area contributed by atoms with Crippen LogP contribution in [0.25, 0.3) is 11.0 Å². The van der Waals surface area contributed by atoms with Crippen LogP contribution in [0.3, 0.4) is 0 Å². The highest BCUT2D eigenvalue weighted by Crippen LogP contribution is 2.31. The van der Waals surface area contributed by atoms with Crippen LogP contribution in [0.4, 0.5) is 19.0 Å². The van der Waals surface area contributed by atoms with E-state index in [0.29, 0.717) is 30.2 Å². The molecule has 1 saturated heterocycles. The molecule has 0 unspecified atom stereocenters. The highest BCUT2D eigenvalue weighted by atomic mass is 19.4. The van der Waals surface area contributed by atoms with E-state index in [0.717, 1.165) is 17.9 Å². The highest BCUT2D eigenvalue weighted by molar-refractivity contribution is 5.89. The van der Waals surface area contributed by atoms with Crippen LogP contribution in [0, 0.1) is 11.8 Å². The van der Waals surface area contributed by atoms with Gasteiger partial charge in [-0.3, -0.25) is 4.79 Å². The number of benzene rings is 1. The first-order valence-corrected chi connectivity index (χ1v) is 10.3. The number of halogens is 3. The fraction of sp³-hybridized carbons (Fsp3) is 0.261. The van der Waals surface area contributed by atoms with Crippen molar-refractivity contribution in [3.8, 4) is 23.3 Å². The third kappa shape index (κ3) is 5.58. The van der Waals surface area contributed by atoms with Gasteiger partial charge in [0.1, 0.15) is 24.4 Å². The monoisotopic (exact) mass is 471 g/mol. The zero-order valence-corrected chi connectivity index (χ0v) is 17.9. The second-order valence-corrected chi connectivity index (χ2v) is 7.37. The minimum Gasteiger partial charge on any atom is -0.477 e. The van der Waals surface area contributed by atoms with Crippen LogP contribution >= 0.6 is 0 Å². The van der Waals surface area contributed by atoms with Crippen molar-refractivity contribution in [3.63, 3.8) is 0 Å². The fourth-order valence-electron chi connectivity index (χ4n) is 3.55. The number of alkyl halides is 3. The van der Waals surface area contributed by atoms with Crippen molar-refractivity contribution >= 4 is 22.8 Å². The molecule has 1 aromatic carbocycles. The number of carbonyl (C=O) groups is 1. The van der Waals surface area contributed by atoms with Gasteiger partial charge in [0.15, 0.2) is 11.5 Å². The summed E-state index contributed by atoms with van der Waals surface area (Å²) < 4.78 is 46.8. The number of hydrogen-bond donors (Lipinski definition) is 2. The summed E-state index contributed by atoms with van der Waals surface area (Å²) in [6, 6.07) is 7.29. The number of H-pyrrole nitrogens is 1. The van der Waals surface area contributed by atoms with E-state index >= 15 is 0 Å². The average Bonchev–Trinajstić information content (AvgIpc) is 3.43. The number of aromatic amines is 1. The van der Waals surface area contributed by atoms with E-state index in [-0.39, 0.29) is 24.3 Å². The molecule has 176 valence electrons. The number of hydrogen-bond acceptors (Lipinski definition) is 6. The first-order valence-electron chi connectivity index (χ1n) is 10.3. The number of nitrogens with zero attached hydrogens (tertiary/aromatic N) is 3. The third-order valence-corrected chi connectivity index (χ3v) is 5.04. The first kappa shape index (κ1) is 23.0. The first-order chi connectivity index (χ1) is 16.3. The maximum Gasteiger partial charge on any atom is 0.573 e. The predicted octanol–water partition coefficient (Wildman–Crippen LogP) is 3.49. The molecule has 1 amide bonds. The average molecular weight is 471 g/mol. The largest absolute Gasteiger partial charge is 0.573 e. The topological polar surface area (TPSA) is 92.4 Å². The number of amides is 1. The van der Waals surface area contributed by atoms with Crippen LogP contribution in [0.15, 0.2) is 49.3 Å². The lowest BCUT2D eigenvalue weighted by molar-refractivity contribution is -0.275. The Kier molecular flexibility index (Phi) is 6.58. The number of rotatable bonds is 6. The molecular formula is C23H20F3N5O3. The van der Waals surface area contributed by atoms with E-state index in [4.69, 9.17) is 4.74 Å². The molecule has 11 heteroatoms. The number of fused-ring (bicyclic) bond motifs is 1. The van der Waals surface area contributed by atoms with E-state index in [1.807, 2.05) is 0 Å². The van der Waals surface area contributed by atoms with E-state index in [1.165, 1.54) is 30.6 Å². The normalized spacial score (nSPS) is 15.5. The van der Waals surface area contributed by atoms with Gasteiger partial charge in [0.2, 0.25) is 5.91 Å². The summed E-state index contributed by atoms with van der Waals surface area (Å²) in [7, 11) is 0. The predicted molar refractivity (Wildman–Crippen MR) is 118 cm³/mol. The summed E-state index contributed by atoms with van der Waals surface area (Å²) in [4.78, 5) is 25.1. The van der Waals surface area contributed by atoms with Crippen LogP contribution < -0.4 is 14.8 Å². The van der Waals surface area contributed by atoms with Crippen molar-refractivity contribution < 1.29 is 27.4 Å². The zero-order valence-electron chi connectivity index (χ0n) is 17.9. The van der Waals surface area contributed by atoms with Gasteiger partial charge in [-0.15, -0.1) is 13.2 Å². The molecule has 34 heavy (non-hydrogen) atoms. The molecule has 2 aromatic heterocycles. The Labute approximate surface area is 192 Å². The van der Waals surface area contributed by atoms with Crippen molar-refractivity contribution in [2.45, 2.75) is 18.8 Å². The molecule has 4 rings (SSSR count). The van der Waals surface area contributed by atoms with Gasteiger partial charge >= 0.3 is 6.36 Å². The molecule has 0 spiro atoms. The van der Waals surface area contributed by atoms with Gasteiger partial charge in [-0.2, -0.15) is 0 Å².